The molecule has 0 bridgehead atoms. The number of benzene rings is 2. The van der Waals surface area contributed by atoms with Crippen molar-refractivity contribution in [2.75, 3.05) is 28.2 Å². The molecule has 75 heavy (non-hydrogen) atoms. The van der Waals surface area contributed by atoms with Crippen molar-refractivity contribution in [3.05, 3.63) is 89.9 Å². The zero-order chi connectivity index (χ0) is 55.8. The van der Waals surface area contributed by atoms with E-state index in [9.17, 15) is 19.2 Å². The van der Waals surface area contributed by atoms with Gasteiger partial charge in [-0.2, -0.15) is 0 Å². The number of likely N-dealkylation sites (N-methyl/N-ethyl adjacent to an activating group) is 4. The van der Waals surface area contributed by atoms with Crippen molar-refractivity contribution in [1.82, 2.24) is 19.6 Å². The van der Waals surface area contributed by atoms with Crippen molar-refractivity contribution in [2.45, 2.75) is 163 Å². The molecule has 0 amide bonds. The summed E-state index contributed by atoms with van der Waals surface area (Å²) in [7, 11) is 6.77. The molecule has 2 heterocycles. The first-order valence-electron chi connectivity index (χ1n) is 26.0. The Morgan fingerprint density at radius 2 is 0.813 bits per heavy atom. The molecular weight excluding hydrogens is 1030 g/mol. The summed E-state index contributed by atoms with van der Waals surface area (Å²) in [4.78, 5) is 66.0. The summed E-state index contributed by atoms with van der Waals surface area (Å²) < 4.78 is 36.7. The van der Waals surface area contributed by atoms with Crippen LogP contribution in [0.4, 0.5) is 0 Å². The second-order valence-corrected chi connectivity index (χ2v) is 23.0. The minimum absolute atomic E-state index is 0.000249. The van der Waals surface area contributed by atoms with E-state index in [1.165, 1.54) is 0 Å². The van der Waals surface area contributed by atoms with Gasteiger partial charge in [-0.3, -0.25) is 0 Å². The largest absolute Gasteiger partial charge is 0.486 e. The third-order valence-corrected chi connectivity index (χ3v) is 15.4. The van der Waals surface area contributed by atoms with Gasteiger partial charge in [-0.05, 0) is 98.6 Å². The molecule has 1 aliphatic heterocycles. The van der Waals surface area contributed by atoms with Gasteiger partial charge < -0.3 is 47.7 Å². The van der Waals surface area contributed by atoms with Crippen molar-refractivity contribution in [3.63, 3.8) is 0 Å². The van der Waals surface area contributed by atoms with Crippen LogP contribution >= 0.6 is 48.9 Å². The smallest absolute Gasteiger partial charge is 0.329 e. The zero-order valence-corrected chi connectivity index (χ0v) is 49.6. The second-order valence-electron chi connectivity index (χ2n) is 21.3. The lowest BCUT2D eigenvalue weighted by Crippen LogP contribution is -2.54. The van der Waals surface area contributed by atoms with E-state index in [2.05, 4.69) is 0 Å². The topological polar surface area (TPSA) is 141 Å². The van der Waals surface area contributed by atoms with Gasteiger partial charge in [0.1, 0.15) is 74.4 Å². The maximum atomic E-state index is 14.8. The van der Waals surface area contributed by atoms with Crippen LogP contribution in [0.15, 0.2) is 77.4 Å². The normalized spacial score (nSPS) is 23.9. The molecule has 4 rings (SSSR count). The van der Waals surface area contributed by atoms with Crippen LogP contribution in [-0.4, -0.2) is 140 Å². The highest BCUT2D eigenvalue weighted by atomic mass is 32.1. The van der Waals surface area contributed by atoms with Gasteiger partial charge >= 0.3 is 23.9 Å². The van der Waals surface area contributed by atoms with Gasteiger partial charge in [0.2, 0.25) is 0 Å². The van der Waals surface area contributed by atoms with Crippen molar-refractivity contribution in [1.29, 1.82) is 0 Å². The van der Waals surface area contributed by atoms with Gasteiger partial charge in [0, 0.05) is 41.0 Å². The van der Waals surface area contributed by atoms with Crippen molar-refractivity contribution in [2.24, 2.45) is 23.7 Å². The Labute approximate surface area is 467 Å². The average molecular weight is 1110 g/mol. The maximum Gasteiger partial charge on any atom is 0.329 e. The summed E-state index contributed by atoms with van der Waals surface area (Å²) in [6.07, 6.45) is -0.699. The summed E-state index contributed by atoms with van der Waals surface area (Å²) in [5, 5.41) is 0. The van der Waals surface area contributed by atoms with Crippen molar-refractivity contribution in [3.8, 4) is 5.75 Å². The molecule has 18 heteroatoms. The second kappa shape index (κ2) is 29.5. The molecule has 3 aromatic rings. The number of rotatable bonds is 15. The fraction of sp³-hybridized carbons (Fsp3) is 0.579. The number of carbonyl (C=O) groups is 4. The maximum absolute atomic E-state index is 14.8. The van der Waals surface area contributed by atoms with Gasteiger partial charge in [-0.25, -0.2) is 19.2 Å². The average Bonchev–Trinajstić information content (AvgIpc) is 3.89. The molecule has 8 atom stereocenters. The molecule has 1 saturated heterocycles. The third kappa shape index (κ3) is 18.6. The molecule has 412 valence electrons. The lowest BCUT2D eigenvalue weighted by atomic mass is 10.00. The molecule has 0 aliphatic carbocycles. The summed E-state index contributed by atoms with van der Waals surface area (Å²) in [5.41, 5.74) is 1.63. The van der Waals surface area contributed by atoms with Crippen molar-refractivity contribution >= 4 is 92.7 Å². The monoisotopic (exact) mass is 1110 g/mol. The van der Waals surface area contributed by atoms with Crippen LogP contribution in [0.2, 0.25) is 0 Å². The van der Waals surface area contributed by atoms with Gasteiger partial charge in [-0.1, -0.05) is 147 Å². The van der Waals surface area contributed by atoms with Gasteiger partial charge in [0.25, 0.3) is 0 Å². The van der Waals surface area contributed by atoms with E-state index in [0.717, 1.165) is 11.1 Å². The Kier molecular flexibility index (Phi) is 24.6. The highest BCUT2D eigenvalue weighted by Gasteiger charge is 2.40. The van der Waals surface area contributed by atoms with Crippen LogP contribution in [0.5, 0.6) is 5.75 Å². The molecule has 2 aromatic carbocycles. The third-order valence-electron chi connectivity index (χ3n) is 13.0. The minimum Gasteiger partial charge on any atom is -0.486 e. The van der Waals surface area contributed by atoms with E-state index < -0.39 is 72.5 Å². The van der Waals surface area contributed by atoms with Gasteiger partial charge in [0.05, 0.1) is 6.26 Å². The van der Waals surface area contributed by atoms with Crippen LogP contribution in [0.25, 0.3) is 0 Å². The lowest BCUT2D eigenvalue weighted by Gasteiger charge is -2.38. The molecule has 0 spiro atoms. The summed E-state index contributed by atoms with van der Waals surface area (Å²) in [6, 6.07) is 16.8. The van der Waals surface area contributed by atoms with E-state index in [4.69, 9.17) is 77.0 Å². The molecule has 1 aliphatic rings. The number of esters is 4. The molecule has 0 saturated carbocycles. The number of furan rings is 1. The zero-order valence-electron chi connectivity index (χ0n) is 46.3. The summed E-state index contributed by atoms with van der Waals surface area (Å²) in [5.74, 6) is -1.08. The Morgan fingerprint density at radius 3 is 1.16 bits per heavy atom. The number of hydrogen-bond acceptors (Lipinski definition) is 14. The Balaban J connectivity index is 1.84. The van der Waals surface area contributed by atoms with Crippen LogP contribution in [0.1, 0.15) is 112 Å². The molecule has 0 N–H and O–H groups in total. The first-order valence-corrected chi connectivity index (χ1v) is 27.6. The number of cyclic esters (lactones) is 4. The summed E-state index contributed by atoms with van der Waals surface area (Å²) in [6.45, 7) is 19.5. The molecule has 0 unspecified atom stereocenters. The molecule has 1 fully saturated rings. The Hall–Kier alpha value is -5.04. The molecular formula is C57H80N4O10S4. The van der Waals surface area contributed by atoms with E-state index in [1.54, 1.807) is 74.0 Å². The van der Waals surface area contributed by atoms with E-state index in [1.807, 2.05) is 116 Å². The van der Waals surface area contributed by atoms with Gasteiger partial charge in [-0.15, -0.1) is 0 Å². The number of carbonyl (C=O) groups excluding carboxylic acids is 4. The highest BCUT2D eigenvalue weighted by Crippen LogP contribution is 2.26. The number of nitrogens with zero attached hydrogens (tertiary/aromatic N) is 4. The SMILES string of the molecule is CC(C)C[C@@H]1C(=O)O[C@@H](Cc2ccc(OCc3ccco3)cc2)C(=S)N(C)[C@H](CC(C)C)C(=O)O[C@@H](C)C(=S)N(C)[C@H](CC(C)C)C(=O)O[C@@H](Cc2ccccc2)C(=S)N(C)[C@H](CC(C)C)C(=O)O[C@@H](C)C(=S)N1C. The lowest BCUT2D eigenvalue weighted by molar-refractivity contribution is -0.152. The Morgan fingerprint density at radius 1 is 0.467 bits per heavy atom. The van der Waals surface area contributed by atoms with Gasteiger partial charge in [0.15, 0.2) is 12.2 Å². The quantitative estimate of drug-likeness (QED) is 0.0809. The van der Waals surface area contributed by atoms with E-state index in [-0.39, 0.29) is 63.1 Å². The van der Waals surface area contributed by atoms with Crippen LogP contribution in [0.3, 0.4) is 0 Å². The minimum atomic E-state index is -1.05. The molecule has 14 nitrogen and oxygen atoms in total. The van der Waals surface area contributed by atoms with Crippen LogP contribution < -0.4 is 4.74 Å². The number of thiocarbonyl (C=S) groups is 4. The predicted molar refractivity (Wildman–Crippen MR) is 309 cm³/mol. The fourth-order valence-electron chi connectivity index (χ4n) is 8.79. The number of hydrogen-bond donors (Lipinski definition) is 0. The van der Waals surface area contributed by atoms with E-state index >= 15 is 0 Å². The first kappa shape index (κ1) is 62.5. The summed E-state index contributed by atoms with van der Waals surface area (Å²) >= 11 is 24.5. The van der Waals surface area contributed by atoms with E-state index in [0.29, 0.717) is 37.2 Å². The highest BCUT2D eigenvalue weighted by molar-refractivity contribution is 7.81. The van der Waals surface area contributed by atoms with Crippen molar-refractivity contribution < 1.29 is 47.3 Å². The number of ether oxygens (including phenoxy) is 5. The van der Waals surface area contributed by atoms with Crippen LogP contribution in [0, 0.1) is 23.7 Å². The predicted octanol–water partition coefficient (Wildman–Crippen LogP) is 10.0. The molecule has 1 aromatic heterocycles. The fourth-order valence-corrected chi connectivity index (χ4v) is 9.66. The molecule has 0 radical (unpaired) electrons. The van der Waals surface area contributed by atoms with Crippen LogP contribution in [-0.2, 0) is 57.6 Å². The first-order chi connectivity index (χ1) is 35.3. The standard InChI is InChI=1S/C57H80N4O10S4/c1-34(2)27-44-54(62)68-39(10)51(73)59(12)47(30-37(7)8)57(65)71-49(32-41-22-24-42(25-23-41)67-33-43-21-18-26-66-43)53(75)61(14)45(28-35(3)4)55(63)69-38(9)50(72)58(11)46(29-36(5)6)56(64)70-48(52(74)60(44)13)31-40-19-16-15-17-20-40/h15-26,34-39,44-49H,27-33H2,1-14H3/t38-,39-,44+,45+,46+,47+,48-,49-/m0/s1. The Bertz CT molecular complexity index is 2370.